The Morgan fingerprint density at radius 1 is 1.26 bits per heavy atom. The minimum absolute atomic E-state index is 0.0815. The number of nitrogens with zero attached hydrogens (tertiary/aromatic N) is 3. The van der Waals surface area contributed by atoms with Crippen molar-refractivity contribution in [1.82, 2.24) is 14.9 Å². The van der Waals surface area contributed by atoms with Crippen LogP contribution in [0.15, 0.2) is 36.7 Å². The van der Waals surface area contributed by atoms with Crippen LogP contribution in [0.3, 0.4) is 0 Å². The minimum atomic E-state index is -0.435. The second-order valence-corrected chi connectivity index (χ2v) is 6.18. The fraction of sp³-hybridized carbons (Fsp3) is 0.444. The number of piperidine rings is 1. The van der Waals surface area contributed by atoms with Gasteiger partial charge >= 0.3 is 0 Å². The molecule has 5 heteroatoms. The first-order valence-electron chi connectivity index (χ1n) is 8.06. The summed E-state index contributed by atoms with van der Waals surface area (Å²) < 4.78 is 13.9. The van der Waals surface area contributed by atoms with Gasteiger partial charge in [-0.2, -0.15) is 0 Å². The lowest BCUT2D eigenvalue weighted by molar-refractivity contribution is 0.00630. The Bertz CT molecular complexity index is 647. The molecule has 0 radical (unpaired) electrons. The van der Waals surface area contributed by atoms with Crippen LogP contribution in [0.2, 0.25) is 0 Å². The molecule has 4 nitrogen and oxygen atoms in total. The zero-order valence-electron chi connectivity index (χ0n) is 13.3. The van der Waals surface area contributed by atoms with Gasteiger partial charge in [0.2, 0.25) is 0 Å². The number of halogens is 1. The van der Waals surface area contributed by atoms with Gasteiger partial charge in [0.05, 0.1) is 6.10 Å². The molecular formula is C18H22FN3O. The number of benzene rings is 1. The average molecular weight is 315 g/mol. The maximum absolute atomic E-state index is 13.9. The van der Waals surface area contributed by atoms with Crippen LogP contribution in [-0.4, -0.2) is 38.7 Å². The summed E-state index contributed by atoms with van der Waals surface area (Å²) >= 11 is 0. The minimum Gasteiger partial charge on any atom is -0.391 e. The molecule has 2 atom stereocenters. The molecule has 1 saturated heterocycles. The molecule has 0 spiro atoms. The van der Waals surface area contributed by atoms with Gasteiger partial charge in [0.15, 0.2) is 0 Å². The molecule has 0 bridgehead atoms. The third-order valence-electron chi connectivity index (χ3n) is 4.47. The van der Waals surface area contributed by atoms with Crippen LogP contribution < -0.4 is 0 Å². The highest BCUT2D eigenvalue weighted by molar-refractivity contribution is 5.19. The van der Waals surface area contributed by atoms with Crippen molar-refractivity contribution in [1.29, 1.82) is 0 Å². The van der Waals surface area contributed by atoms with E-state index < -0.39 is 6.10 Å². The highest BCUT2D eigenvalue weighted by atomic mass is 19.1. The molecule has 1 N–H and O–H groups in total. The smallest absolute Gasteiger partial charge is 0.126 e. The summed E-state index contributed by atoms with van der Waals surface area (Å²) in [6.45, 7) is 3.43. The zero-order chi connectivity index (χ0) is 16.2. The van der Waals surface area contributed by atoms with Crippen LogP contribution >= 0.6 is 0 Å². The predicted octanol–water partition coefficient (Wildman–Crippen LogP) is 2.49. The van der Waals surface area contributed by atoms with E-state index in [0.717, 1.165) is 30.8 Å². The van der Waals surface area contributed by atoms with Crippen molar-refractivity contribution in [3.05, 3.63) is 59.4 Å². The second kappa shape index (κ2) is 7.15. The van der Waals surface area contributed by atoms with Crippen molar-refractivity contribution in [2.75, 3.05) is 6.54 Å². The first-order valence-corrected chi connectivity index (χ1v) is 8.06. The van der Waals surface area contributed by atoms with E-state index in [-0.39, 0.29) is 11.9 Å². The van der Waals surface area contributed by atoms with Crippen LogP contribution in [0.5, 0.6) is 0 Å². The number of hydrogen-bond acceptors (Lipinski definition) is 4. The molecule has 3 rings (SSSR count). The van der Waals surface area contributed by atoms with E-state index in [4.69, 9.17) is 0 Å². The fourth-order valence-corrected chi connectivity index (χ4v) is 3.19. The summed E-state index contributed by atoms with van der Waals surface area (Å²) in [4.78, 5) is 10.7. The van der Waals surface area contributed by atoms with E-state index in [0.29, 0.717) is 18.5 Å². The summed E-state index contributed by atoms with van der Waals surface area (Å²) in [7, 11) is 0. The molecule has 2 heterocycles. The van der Waals surface area contributed by atoms with Gasteiger partial charge in [0, 0.05) is 30.5 Å². The average Bonchev–Trinajstić information content (AvgIpc) is 2.54. The van der Waals surface area contributed by atoms with Crippen molar-refractivity contribution < 1.29 is 9.50 Å². The largest absolute Gasteiger partial charge is 0.391 e. The number of likely N-dealkylation sites (tertiary alicyclic amines) is 1. The molecule has 1 aliphatic heterocycles. The monoisotopic (exact) mass is 315 g/mol. The molecule has 1 fully saturated rings. The van der Waals surface area contributed by atoms with E-state index in [1.54, 1.807) is 12.1 Å². The van der Waals surface area contributed by atoms with Gasteiger partial charge in [0.25, 0.3) is 0 Å². The van der Waals surface area contributed by atoms with Gasteiger partial charge in [-0.3, -0.25) is 4.90 Å². The zero-order valence-corrected chi connectivity index (χ0v) is 13.3. The van der Waals surface area contributed by atoms with E-state index in [1.165, 1.54) is 6.07 Å². The predicted molar refractivity (Wildman–Crippen MR) is 86.3 cm³/mol. The Kier molecular flexibility index (Phi) is 4.98. The van der Waals surface area contributed by atoms with Crippen molar-refractivity contribution in [2.24, 2.45) is 0 Å². The number of aryl methyl sites for hydroxylation is 1. The molecule has 0 amide bonds. The molecular weight excluding hydrogens is 293 g/mol. The Hall–Kier alpha value is -1.85. The molecule has 0 aliphatic carbocycles. The lowest BCUT2D eigenvalue weighted by atomic mass is 9.92. The maximum Gasteiger partial charge on any atom is 0.126 e. The van der Waals surface area contributed by atoms with Crippen molar-refractivity contribution in [3.63, 3.8) is 0 Å². The normalized spacial score (nSPS) is 22.2. The molecule has 0 unspecified atom stereocenters. The summed E-state index contributed by atoms with van der Waals surface area (Å²) in [5.74, 6) is 0.541. The number of aromatic nitrogens is 2. The first-order chi connectivity index (χ1) is 11.1. The highest BCUT2D eigenvalue weighted by Crippen LogP contribution is 2.24. The fourth-order valence-electron chi connectivity index (χ4n) is 3.19. The number of aliphatic hydroxyl groups excluding tert-OH is 1. The number of aliphatic hydroxyl groups is 1. The van der Waals surface area contributed by atoms with E-state index in [1.807, 2.05) is 25.4 Å². The molecule has 0 saturated carbocycles. The van der Waals surface area contributed by atoms with Crippen molar-refractivity contribution >= 4 is 0 Å². The summed E-state index contributed by atoms with van der Waals surface area (Å²) in [6.07, 6.45) is 5.43. The van der Waals surface area contributed by atoms with Gasteiger partial charge in [-0.25, -0.2) is 14.4 Å². The standard InChI is InChI=1S/C18H22FN3O/c1-13-20-10-14(11-21-13)12-22-8-4-7-18(23)17(22)9-15-5-2-3-6-16(15)19/h2-3,5-6,10-11,17-18,23H,4,7-9,12H2,1H3/t17-,18-/m0/s1. The van der Waals surface area contributed by atoms with Gasteiger partial charge in [0.1, 0.15) is 11.6 Å². The van der Waals surface area contributed by atoms with Crippen LogP contribution in [-0.2, 0) is 13.0 Å². The molecule has 1 aromatic carbocycles. The third kappa shape index (κ3) is 3.92. The summed E-state index contributed by atoms with van der Waals surface area (Å²) in [6, 6.07) is 6.72. The Morgan fingerprint density at radius 2 is 2.00 bits per heavy atom. The molecule has 23 heavy (non-hydrogen) atoms. The molecule has 122 valence electrons. The van der Waals surface area contributed by atoms with E-state index >= 15 is 0 Å². The van der Waals surface area contributed by atoms with Crippen LogP contribution in [0.4, 0.5) is 4.39 Å². The van der Waals surface area contributed by atoms with Gasteiger partial charge < -0.3 is 5.11 Å². The Labute approximate surface area is 136 Å². The number of hydrogen-bond donors (Lipinski definition) is 1. The third-order valence-corrected chi connectivity index (χ3v) is 4.47. The SMILES string of the molecule is Cc1ncc(CN2CCC[C@H](O)[C@@H]2Cc2ccccc2F)cn1. The Morgan fingerprint density at radius 3 is 2.74 bits per heavy atom. The van der Waals surface area contributed by atoms with Crippen LogP contribution in [0, 0.1) is 12.7 Å². The molecule has 1 aliphatic rings. The first kappa shape index (κ1) is 16.0. The Balaban J connectivity index is 1.76. The quantitative estimate of drug-likeness (QED) is 0.942. The van der Waals surface area contributed by atoms with E-state index in [2.05, 4.69) is 14.9 Å². The van der Waals surface area contributed by atoms with Crippen LogP contribution in [0.25, 0.3) is 0 Å². The lowest BCUT2D eigenvalue weighted by Crippen LogP contribution is -2.49. The maximum atomic E-state index is 13.9. The highest BCUT2D eigenvalue weighted by Gasteiger charge is 2.30. The topological polar surface area (TPSA) is 49.2 Å². The summed E-state index contributed by atoms with van der Waals surface area (Å²) in [5, 5.41) is 10.4. The molecule has 1 aromatic heterocycles. The second-order valence-electron chi connectivity index (χ2n) is 6.18. The summed E-state index contributed by atoms with van der Waals surface area (Å²) in [5.41, 5.74) is 1.67. The number of rotatable bonds is 4. The van der Waals surface area contributed by atoms with Gasteiger partial charge in [-0.1, -0.05) is 18.2 Å². The van der Waals surface area contributed by atoms with Crippen molar-refractivity contribution in [2.45, 2.75) is 44.9 Å². The molecule has 2 aromatic rings. The van der Waals surface area contributed by atoms with Crippen molar-refractivity contribution in [3.8, 4) is 0 Å². The van der Waals surface area contributed by atoms with Gasteiger partial charge in [-0.15, -0.1) is 0 Å². The van der Waals surface area contributed by atoms with E-state index in [9.17, 15) is 9.50 Å². The van der Waals surface area contributed by atoms with Crippen LogP contribution in [0.1, 0.15) is 29.8 Å². The lowest BCUT2D eigenvalue weighted by Gasteiger charge is -2.39. The van der Waals surface area contributed by atoms with Gasteiger partial charge in [-0.05, 0) is 44.4 Å².